The number of unbranched alkanes of at least 4 members (excludes halogenated alkanes) is 11. The molecule has 202 valence electrons. The molecule has 1 heterocycles. The summed E-state index contributed by atoms with van der Waals surface area (Å²) in [5, 5.41) is 20.9. The van der Waals surface area contributed by atoms with Gasteiger partial charge in [-0.1, -0.05) is 90.9 Å². The van der Waals surface area contributed by atoms with Gasteiger partial charge in [-0.25, -0.2) is 0 Å². The van der Waals surface area contributed by atoms with E-state index in [9.17, 15) is 10.2 Å². The second-order valence-corrected chi connectivity index (χ2v) is 11.4. The molecule has 0 aromatic heterocycles. The number of hydrogen-bond donors (Lipinski definition) is 3. The second-order valence-electron chi connectivity index (χ2n) is 11.4. The fourth-order valence-electron chi connectivity index (χ4n) is 5.46. The summed E-state index contributed by atoms with van der Waals surface area (Å²) in [7, 11) is 0. The molecule has 0 radical (unpaired) electrons. The predicted molar refractivity (Wildman–Crippen MR) is 138 cm³/mol. The molecule has 4 N–H and O–H groups in total. The minimum Gasteiger partial charge on any atom is -0.390 e. The van der Waals surface area contributed by atoms with E-state index in [4.69, 9.17) is 19.9 Å². The molecule has 7 atom stereocenters. The maximum atomic E-state index is 10.5. The molecule has 1 saturated heterocycles. The van der Waals surface area contributed by atoms with Crippen LogP contribution in [0.15, 0.2) is 0 Å². The highest BCUT2D eigenvalue weighted by atomic mass is 16.8. The van der Waals surface area contributed by atoms with Crippen LogP contribution >= 0.6 is 0 Å². The van der Waals surface area contributed by atoms with Crippen LogP contribution in [0.5, 0.6) is 0 Å². The molecule has 1 aliphatic heterocycles. The van der Waals surface area contributed by atoms with Gasteiger partial charge in [0, 0.05) is 0 Å². The quantitative estimate of drug-likeness (QED) is 0.223. The number of aliphatic hydroxyl groups is 2. The molecular weight excluding hydrogens is 430 g/mol. The van der Waals surface area contributed by atoms with Gasteiger partial charge in [0.15, 0.2) is 5.79 Å². The van der Waals surface area contributed by atoms with Crippen LogP contribution in [0.25, 0.3) is 0 Å². The van der Waals surface area contributed by atoms with Gasteiger partial charge in [0.25, 0.3) is 0 Å². The molecule has 2 fully saturated rings. The topological polar surface area (TPSA) is 94.2 Å². The average molecular weight is 486 g/mol. The van der Waals surface area contributed by atoms with E-state index in [1.54, 1.807) is 0 Å². The molecule has 1 unspecified atom stereocenters. The Hall–Kier alpha value is -0.240. The zero-order valence-corrected chi connectivity index (χ0v) is 22.6. The van der Waals surface area contributed by atoms with E-state index in [0.29, 0.717) is 12.3 Å². The summed E-state index contributed by atoms with van der Waals surface area (Å²) < 4.78 is 18.3. The molecule has 0 aromatic carbocycles. The monoisotopic (exact) mass is 485 g/mol. The van der Waals surface area contributed by atoms with Crippen molar-refractivity contribution in [2.45, 2.75) is 166 Å². The van der Waals surface area contributed by atoms with Crippen molar-refractivity contribution in [1.82, 2.24) is 0 Å². The molecule has 2 aliphatic rings. The predicted octanol–water partition coefficient (Wildman–Crippen LogP) is 5.46. The maximum absolute atomic E-state index is 10.5. The Labute approximate surface area is 209 Å². The first-order valence-electron chi connectivity index (χ1n) is 14.3. The Morgan fingerprint density at radius 1 is 0.853 bits per heavy atom. The van der Waals surface area contributed by atoms with Crippen LogP contribution in [-0.4, -0.2) is 59.2 Å². The molecule has 0 aromatic rings. The van der Waals surface area contributed by atoms with Crippen molar-refractivity contribution in [3.05, 3.63) is 0 Å². The minimum absolute atomic E-state index is 0.0336. The van der Waals surface area contributed by atoms with Gasteiger partial charge in [0.1, 0.15) is 6.10 Å². The molecule has 2 rings (SSSR count). The van der Waals surface area contributed by atoms with Gasteiger partial charge in [-0.3, -0.25) is 0 Å². The Morgan fingerprint density at radius 2 is 1.38 bits per heavy atom. The molecule has 1 saturated carbocycles. The lowest BCUT2D eigenvalue weighted by Gasteiger charge is -2.36. The van der Waals surface area contributed by atoms with Gasteiger partial charge in [0.2, 0.25) is 0 Å². The third kappa shape index (κ3) is 10.4. The highest BCUT2D eigenvalue weighted by Crippen LogP contribution is 2.40. The van der Waals surface area contributed by atoms with Gasteiger partial charge in [-0.2, -0.15) is 0 Å². The van der Waals surface area contributed by atoms with Gasteiger partial charge in [-0.15, -0.1) is 0 Å². The number of fused-ring (bicyclic) bond motifs is 1. The normalized spacial score (nSPS) is 29.0. The summed E-state index contributed by atoms with van der Waals surface area (Å²) in [5.41, 5.74) is 6.18. The molecule has 34 heavy (non-hydrogen) atoms. The Morgan fingerprint density at radius 3 is 1.97 bits per heavy atom. The molecular formula is C28H55NO5. The first-order chi connectivity index (χ1) is 16.2. The fourth-order valence-corrected chi connectivity index (χ4v) is 5.46. The number of hydrogen-bond acceptors (Lipinski definition) is 6. The van der Waals surface area contributed by atoms with Crippen LogP contribution < -0.4 is 5.73 Å². The van der Waals surface area contributed by atoms with Gasteiger partial charge in [0.05, 0.1) is 37.1 Å². The third-order valence-corrected chi connectivity index (χ3v) is 7.69. The van der Waals surface area contributed by atoms with E-state index in [0.717, 1.165) is 25.7 Å². The van der Waals surface area contributed by atoms with E-state index < -0.39 is 24.0 Å². The lowest BCUT2D eigenvalue weighted by atomic mass is 9.84. The van der Waals surface area contributed by atoms with Crippen LogP contribution in [0.1, 0.15) is 124 Å². The summed E-state index contributed by atoms with van der Waals surface area (Å²) >= 11 is 0. The highest BCUT2D eigenvalue weighted by Gasteiger charge is 2.50. The third-order valence-electron chi connectivity index (χ3n) is 7.69. The van der Waals surface area contributed by atoms with Gasteiger partial charge < -0.3 is 30.2 Å². The standard InChI is InChI=1S/C28H55NO5/c1-5-6-7-8-9-10-11-12-13-14-15-16-17-23(30)25(31)22(29)20-32-24-19-18-21(2)26-27(24)34-28(3,4)33-26/h21-27,30-31H,5-20,29H2,1-4H3/t21-,22+,23-,24?,25+,26-,27-/m0/s1. The lowest BCUT2D eigenvalue weighted by molar-refractivity contribution is -0.159. The van der Waals surface area contributed by atoms with Crippen molar-refractivity contribution in [2.24, 2.45) is 11.7 Å². The largest absolute Gasteiger partial charge is 0.390 e. The molecule has 0 spiro atoms. The Kier molecular flexibility index (Phi) is 13.9. The lowest BCUT2D eigenvalue weighted by Crippen LogP contribution is -2.49. The molecule has 1 aliphatic carbocycles. The summed E-state index contributed by atoms with van der Waals surface area (Å²) in [6.45, 7) is 8.55. The van der Waals surface area contributed by atoms with Crippen molar-refractivity contribution in [3.63, 3.8) is 0 Å². The van der Waals surface area contributed by atoms with E-state index in [2.05, 4.69) is 13.8 Å². The molecule has 0 bridgehead atoms. The van der Waals surface area contributed by atoms with Crippen molar-refractivity contribution in [1.29, 1.82) is 0 Å². The number of ether oxygens (including phenoxy) is 3. The maximum Gasteiger partial charge on any atom is 0.163 e. The zero-order chi connectivity index (χ0) is 25.0. The van der Waals surface area contributed by atoms with Gasteiger partial charge in [-0.05, 0) is 39.0 Å². The Balaban J connectivity index is 1.53. The number of aliphatic hydroxyl groups excluding tert-OH is 2. The SMILES string of the molecule is CCCCCCCCCCCCCC[C@H](O)[C@H](O)[C@H](N)COC1CC[C@H](C)[C@@H]2OC(C)(C)O[C@@H]12. The van der Waals surface area contributed by atoms with E-state index in [1.165, 1.54) is 64.2 Å². The fraction of sp³-hybridized carbons (Fsp3) is 1.00. The highest BCUT2D eigenvalue weighted by molar-refractivity contribution is 4.94. The number of nitrogens with two attached hydrogens (primary N) is 1. The summed E-state index contributed by atoms with van der Waals surface area (Å²) in [5.74, 6) is -0.162. The second kappa shape index (κ2) is 15.8. The van der Waals surface area contributed by atoms with Crippen LogP contribution in [0.2, 0.25) is 0 Å². The van der Waals surface area contributed by atoms with Crippen molar-refractivity contribution in [3.8, 4) is 0 Å². The van der Waals surface area contributed by atoms with Crippen molar-refractivity contribution < 1.29 is 24.4 Å². The average Bonchev–Trinajstić information content (AvgIpc) is 3.14. The summed E-state index contributed by atoms with van der Waals surface area (Å²) in [4.78, 5) is 0. The smallest absolute Gasteiger partial charge is 0.163 e. The van der Waals surface area contributed by atoms with Crippen LogP contribution in [0, 0.1) is 5.92 Å². The summed E-state index contributed by atoms with van der Waals surface area (Å²) in [6, 6.07) is -0.611. The Bertz CT molecular complexity index is 531. The van der Waals surface area contributed by atoms with E-state index in [-0.39, 0.29) is 24.9 Å². The van der Waals surface area contributed by atoms with Crippen molar-refractivity contribution >= 4 is 0 Å². The van der Waals surface area contributed by atoms with Crippen LogP contribution in [-0.2, 0) is 14.2 Å². The number of rotatable bonds is 18. The summed E-state index contributed by atoms with van der Waals surface area (Å²) in [6.07, 6.45) is 16.0. The van der Waals surface area contributed by atoms with E-state index in [1.807, 2.05) is 13.8 Å². The minimum atomic E-state index is -0.969. The first-order valence-corrected chi connectivity index (χ1v) is 14.3. The molecule has 0 amide bonds. The van der Waals surface area contributed by atoms with Crippen molar-refractivity contribution in [2.75, 3.05) is 6.61 Å². The zero-order valence-electron chi connectivity index (χ0n) is 22.6. The van der Waals surface area contributed by atoms with Gasteiger partial charge >= 0.3 is 0 Å². The molecule has 6 heteroatoms. The molecule has 6 nitrogen and oxygen atoms in total. The van der Waals surface area contributed by atoms with Crippen LogP contribution in [0.3, 0.4) is 0 Å². The first kappa shape index (κ1) is 30.0. The van der Waals surface area contributed by atoms with E-state index >= 15 is 0 Å². The van der Waals surface area contributed by atoms with Crippen LogP contribution in [0.4, 0.5) is 0 Å².